The van der Waals surface area contributed by atoms with Crippen LogP contribution in [0.2, 0.25) is 0 Å². The van der Waals surface area contributed by atoms with Crippen LogP contribution < -0.4 is 9.47 Å². The van der Waals surface area contributed by atoms with Gasteiger partial charge < -0.3 is 14.4 Å². The van der Waals surface area contributed by atoms with Crippen molar-refractivity contribution >= 4 is 5.91 Å². The molecule has 0 fully saturated rings. The second kappa shape index (κ2) is 11.0. The topological polar surface area (TPSA) is 38.8 Å². The van der Waals surface area contributed by atoms with E-state index < -0.39 is 0 Å². The van der Waals surface area contributed by atoms with Crippen LogP contribution in [-0.4, -0.2) is 31.1 Å². The molecule has 24 heavy (non-hydrogen) atoms. The van der Waals surface area contributed by atoms with Gasteiger partial charge in [0.2, 0.25) is 5.91 Å². The number of methoxy groups -OCH3 is 2. The Hall–Kier alpha value is -1.71. The van der Waals surface area contributed by atoms with Gasteiger partial charge in [-0.25, -0.2) is 0 Å². The first-order chi connectivity index (χ1) is 11.6. The number of rotatable bonds is 11. The van der Waals surface area contributed by atoms with Gasteiger partial charge >= 0.3 is 0 Å². The third kappa shape index (κ3) is 5.73. The molecule has 0 N–H and O–H groups in total. The smallest absolute Gasteiger partial charge is 0.223 e. The van der Waals surface area contributed by atoms with Gasteiger partial charge in [0.05, 0.1) is 14.2 Å². The van der Waals surface area contributed by atoms with Gasteiger partial charge in [-0.05, 0) is 25.8 Å². The zero-order valence-corrected chi connectivity index (χ0v) is 15.9. The Morgan fingerprint density at radius 3 is 2.46 bits per heavy atom. The van der Waals surface area contributed by atoms with E-state index in [-0.39, 0.29) is 11.9 Å². The minimum Gasteiger partial charge on any atom is -0.493 e. The predicted molar refractivity (Wildman–Crippen MR) is 98.6 cm³/mol. The molecule has 0 aromatic heterocycles. The second-order valence-corrected chi connectivity index (χ2v) is 6.27. The van der Waals surface area contributed by atoms with Crippen molar-refractivity contribution in [2.75, 3.05) is 14.2 Å². The van der Waals surface area contributed by atoms with Crippen molar-refractivity contribution in [2.24, 2.45) is 0 Å². The van der Waals surface area contributed by atoms with Crippen LogP contribution in [-0.2, 0) is 11.3 Å². The number of benzene rings is 1. The van der Waals surface area contributed by atoms with Crippen LogP contribution in [0.15, 0.2) is 18.2 Å². The van der Waals surface area contributed by atoms with Crippen molar-refractivity contribution in [3.05, 3.63) is 23.8 Å². The molecule has 1 aromatic rings. The Morgan fingerprint density at radius 1 is 1.12 bits per heavy atom. The first-order valence-corrected chi connectivity index (χ1v) is 9.08. The fourth-order valence-electron chi connectivity index (χ4n) is 2.95. The molecule has 1 unspecified atom stereocenters. The average molecular weight is 335 g/mol. The van der Waals surface area contributed by atoms with E-state index in [1.54, 1.807) is 14.2 Å². The zero-order chi connectivity index (χ0) is 17.9. The van der Waals surface area contributed by atoms with E-state index in [0.29, 0.717) is 18.7 Å². The zero-order valence-electron chi connectivity index (χ0n) is 15.9. The van der Waals surface area contributed by atoms with Crippen LogP contribution in [0.3, 0.4) is 0 Å². The standard InChI is InChI=1S/C20H33NO3/c1-6-8-9-12-16(3)21(19(22)11-7-2)15-17-13-10-14-18(23-4)20(17)24-5/h10,13-14,16H,6-9,11-12,15H2,1-5H3. The fourth-order valence-corrected chi connectivity index (χ4v) is 2.95. The van der Waals surface area contributed by atoms with Crippen molar-refractivity contribution in [2.45, 2.75) is 71.9 Å². The number of para-hydroxylation sites is 1. The molecule has 0 saturated heterocycles. The Morgan fingerprint density at radius 2 is 1.88 bits per heavy atom. The third-order valence-electron chi connectivity index (χ3n) is 4.37. The highest BCUT2D eigenvalue weighted by atomic mass is 16.5. The lowest BCUT2D eigenvalue weighted by Gasteiger charge is -2.30. The molecule has 0 spiro atoms. The summed E-state index contributed by atoms with van der Waals surface area (Å²) in [4.78, 5) is 14.6. The lowest BCUT2D eigenvalue weighted by molar-refractivity contribution is -0.134. The third-order valence-corrected chi connectivity index (χ3v) is 4.37. The molecule has 136 valence electrons. The molecule has 4 heteroatoms. The highest BCUT2D eigenvalue weighted by Gasteiger charge is 2.22. The summed E-state index contributed by atoms with van der Waals surface area (Å²) in [5.74, 6) is 1.64. The number of nitrogens with zero attached hydrogens (tertiary/aromatic N) is 1. The van der Waals surface area contributed by atoms with E-state index in [2.05, 4.69) is 13.8 Å². The maximum Gasteiger partial charge on any atom is 0.223 e. The van der Waals surface area contributed by atoms with E-state index in [1.165, 1.54) is 12.8 Å². The van der Waals surface area contributed by atoms with Gasteiger partial charge in [0.25, 0.3) is 0 Å². The molecule has 0 radical (unpaired) electrons. The van der Waals surface area contributed by atoms with Crippen molar-refractivity contribution in [1.82, 2.24) is 4.90 Å². The minimum absolute atomic E-state index is 0.214. The minimum atomic E-state index is 0.214. The summed E-state index contributed by atoms with van der Waals surface area (Å²) >= 11 is 0. The monoisotopic (exact) mass is 335 g/mol. The summed E-state index contributed by atoms with van der Waals surface area (Å²) in [6, 6.07) is 6.06. The summed E-state index contributed by atoms with van der Waals surface area (Å²) in [5.41, 5.74) is 0.989. The van der Waals surface area contributed by atoms with Gasteiger partial charge in [-0.2, -0.15) is 0 Å². The van der Waals surface area contributed by atoms with Gasteiger partial charge in [0.1, 0.15) is 0 Å². The van der Waals surface area contributed by atoms with E-state index in [1.807, 2.05) is 30.0 Å². The number of amides is 1. The maximum absolute atomic E-state index is 12.6. The van der Waals surface area contributed by atoms with Gasteiger partial charge in [-0.1, -0.05) is 45.2 Å². The predicted octanol–water partition coefficient (Wildman–Crippen LogP) is 4.80. The Labute approximate surface area is 147 Å². The molecule has 0 aliphatic rings. The van der Waals surface area contributed by atoms with Gasteiger partial charge in [-0.15, -0.1) is 0 Å². The molecule has 0 aliphatic heterocycles. The van der Waals surface area contributed by atoms with Crippen molar-refractivity contribution in [1.29, 1.82) is 0 Å². The Balaban J connectivity index is 2.97. The number of hydrogen-bond donors (Lipinski definition) is 0. The Bertz CT molecular complexity index is 502. The SMILES string of the molecule is CCCCCC(C)N(Cc1cccc(OC)c1OC)C(=O)CCC. The number of unbranched alkanes of at least 4 members (excludes halogenated alkanes) is 2. The molecule has 0 saturated carbocycles. The number of hydrogen-bond acceptors (Lipinski definition) is 3. The van der Waals surface area contributed by atoms with Gasteiger partial charge in [-0.3, -0.25) is 4.79 Å². The van der Waals surface area contributed by atoms with Crippen LogP contribution in [0.25, 0.3) is 0 Å². The van der Waals surface area contributed by atoms with E-state index in [9.17, 15) is 4.79 Å². The summed E-state index contributed by atoms with van der Waals surface area (Å²) in [6.45, 7) is 6.96. The maximum atomic E-state index is 12.6. The lowest BCUT2D eigenvalue weighted by Crippen LogP contribution is -2.38. The number of ether oxygens (including phenoxy) is 2. The quantitative estimate of drug-likeness (QED) is 0.545. The largest absolute Gasteiger partial charge is 0.493 e. The average Bonchev–Trinajstić information content (AvgIpc) is 2.59. The van der Waals surface area contributed by atoms with Crippen LogP contribution in [0.1, 0.15) is 64.9 Å². The molecule has 0 heterocycles. The van der Waals surface area contributed by atoms with E-state index in [4.69, 9.17) is 9.47 Å². The van der Waals surface area contributed by atoms with E-state index >= 15 is 0 Å². The van der Waals surface area contributed by atoms with Crippen molar-refractivity contribution < 1.29 is 14.3 Å². The molecular weight excluding hydrogens is 302 g/mol. The molecule has 1 atom stereocenters. The summed E-state index contributed by atoms with van der Waals surface area (Å²) < 4.78 is 10.9. The highest BCUT2D eigenvalue weighted by Crippen LogP contribution is 2.32. The van der Waals surface area contributed by atoms with Gasteiger partial charge in [0, 0.05) is 24.6 Å². The molecular formula is C20H33NO3. The number of carbonyl (C=O) groups excluding carboxylic acids is 1. The van der Waals surface area contributed by atoms with Crippen LogP contribution >= 0.6 is 0 Å². The van der Waals surface area contributed by atoms with E-state index in [0.717, 1.165) is 30.6 Å². The van der Waals surface area contributed by atoms with Crippen molar-refractivity contribution in [3.63, 3.8) is 0 Å². The Kier molecular flexibility index (Phi) is 9.28. The second-order valence-electron chi connectivity index (χ2n) is 6.27. The summed E-state index contributed by atoms with van der Waals surface area (Å²) in [6.07, 6.45) is 6.05. The van der Waals surface area contributed by atoms with Crippen LogP contribution in [0.5, 0.6) is 11.5 Å². The molecule has 0 aliphatic carbocycles. The molecule has 0 bridgehead atoms. The van der Waals surface area contributed by atoms with Crippen molar-refractivity contribution in [3.8, 4) is 11.5 Å². The molecule has 1 rings (SSSR count). The molecule has 1 amide bonds. The van der Waals surface area contributed by atoms with Crippen LogP contribution in [0, 0.1) is 0 Å². The molecule has 1 aromatic carbocycles. The number of carbonyl (C=O) groups is 1. The van der Waals surface area contributed by atoms with Gasteiger partial charge in [0.15, 0.2) is 11.5 Å². The lowest BCUT2D eigenvalue weighted by atomic mass is 10.1. The van der Waals surface area contributed by atoms with Crippen LogP contribution in [0.4, 0.5) is 0 Å². The highest BCUT2D eigenvalue weighted by molar-refractivity contribution is 5.76. The fraction of sp³-hybridized carbons (Fsp3) is 0.650. The first-order valence-electron chi connectivity index (χ1n) is 9.08. The normalized spacial score (nSPS) is 11.9. The summed E-state index contributed by atoms with van der Waals surface area (Å²) in [5, 5.41) is 0. The summed E-state index contributed by atoms with van der Waals surface area (Å²) in [7, 11) is 3.28. The first kappa shape index (κ1) is 20.3. The molecule has 4 nitrogen and oxygen atoms in total.